The van der Waals surface area contributed by atoms with Crippen LogP contribution in [0.25, 0.3) is 83.1 Å². The van der Waals surface area contributed by atoms with Crippen molar-refractivity contribution in [2.45, 2.75) is 5.41 Å². The zero-order valence-corrected chi connectivity index (χ0v) is 30.7. The number of aromatic nitrogens is 1. The van der Waals surface area contributed by atoms with Crippen LogP contribution in [0.2, 0.25) is 0 Å². The molecule has 0 saturated heterocycles. The summed E-state index contributed by atoms with van der Waals surface area (Å²) in [5.74, 6) is 0. The number of hydrogen-bond donors (Lipinski definition) is 0. The van der Waals surface area contributed by atoms with Crippen molar-refractivity contribution in [2.24, 2.45) is 0 Å². The van der Waals surface area contributed by atoms with Crippen molar-refractivity contribution in [3.8, 4) is 61.3 Å². The fourth-order valence-corrected chi connectivity index (χ4v) is 10.0. The Morgan fingerprint density at radius 2 is 0.732 bits per heavy atom. The lowest BCUT2D eigenvalue weighted by atomic mass is 9.70. The van der Waals surface area contributed by atoms with E-state index in [1.165, 1.54) is 99.7 Å². The first-order chi connectivity index (χ1) is 27.8. The summed E-state index contributed by atoms with van der Waals surface area (Å²) in [6.45, 7) is 0. The molecule has 2 aliphatic carbocycles. The molecule has 9 aromatic carbocycles. The van der Waals surface area contributed by atoms with Gasteiger partial charge >= 0.3 is 0 Å². The van der Waals surface area contributed by atoms with Crippen LogP contribution in [0.3, 0.4) is 0 Å². The van der Waals surface area contributed by atoms with E-state index in [1.807, 2.05) is 0 Å². The molecule has 1 heteroatoms. The molecule has 260 valence electrons. The topological polar surface area (TPSA) is 4.93 Å². The molecule has 10 aromatic rings. The second-order valence-corrected chi connectivity index (χ2v) is 15.2. The Labute approximate surface area is 326 Å². The molecule has 1 heterocycles. The molecule has 0 saturated carbocycles. The zero-order chi connectivity index (χ0) is 36.8. The third-order valence-corrected chi connectivity index (χ3v) is 12.4. The number of benzene rings is 9. The quantitative estimate of drug-likeness (QED) is 0.171. The van der Waals surface area contributed by atoms with Gasteiger partial charge < -0.3 is 4.57 Å². The van der Waals surface area contributed by atoms with Crippen LogP contribution in [0.4, 0.5) is 0 Å². The minimum atomic E-state index is -0.366. The Kier molecular flexibility index (Phi) is 6.62. The van der Waals surface area contributed by atoms with E-state index < -0.39 is 0 Å². The Balaban J connectivity index is 1.07. The van der Waals surface area contributed by atoms with Crippen molar-refractivity contribution in [3.05, 3.63) is 235 Å². The third kappa shape index (κ3) is 4.31. The molecule has 2 aliphatic rings. The van der Waals surface area contributed by atoms with E-state index in [2.05, 4.69) is 217 Å². The molecule has 0 amide bonds. The Bertz CT molecular complexity index is 3060. The number of nitrogens with zero attached hydrogens (tertiary/aromatic N) is 1. The summed E-state index contributed by atoms with van der Waals surface area (Å²) in [6.07, 6.45) is 0. The van der Waals surface area contributed by atoms with Crippen molar-refractivity contribution in [1.29, 1.82) is 0 Å². The van der Waals surface area contributed by atoms with Crippen LogP contribution in [0.5, 0.6) is 0 Å². The Morgan fingerprint density at radius 1 is 0.268 bits per heavy atom. The lowest BCUT2D eigenvalue weighted by molar-refractivity contribution is 0.794. The van der Waals surface area contributed by atoms with Crippen LogP contribution < -0.4 is 0 Å². The minimum Gasteiger partial charge on any atom is -0.309 e. The molecule has 0 atom stereocenters. The van der Waals surface area contributed by atoms with E-state index in [0.717, 1.165) is 5.69 Å². The van der Waals surface area contributed by atoms with Gasteiger partial charge in [-0.1, -0.05) is 170 Å². The van der Waals surface area contributed by atoms with E-state index in [9.17, 15) is 0 Å². The molecule has 12 rings (SSSR count). The maximum atomic E-state index is 2.49. The molecular weight excluding hydrogens is 675 g/mol. The van der Waals surface area contributed by atoms with Gasteiger partial charge in [0.1, 0.15) is 0 Å². The maximum absolute atomic E-state index is 2.49. The van der Waals surface area contributed by atoms with Gasteiger partial charge in [0.15, 0.2) is 0 Å². The van der Waals surface area contributed by atoms with Gasteiger partial charge in [0.2, 0.25) is 0 Å². The summed E-state index contributed by atoms with van der Waals surface area (Å²) in [4.78, 5) is 0. The molecule has 0 fully saturated rings. The van der Waals surface area contributed by atoms with E-state index in [0.29, 0.717) is 0 Å². The van der Waals surface area contributed by atoms with Gasteiger partial charge in [-0.2, -0.15) is 0 Å². The summed E-state index contributed by atoms with van der Waals surface area (Å²) in [7, 11) is 0. The van der Waals surface area contributed by atoms with E-state index in [1.54, 1.807) is 0 Å². The highest BCUT2D eigenvalue weighted by Crippen LogP contribution is 2.63. The molecule has 0 radical (unpaired) electrons. The van der Waals surface area contributed by atoms with Crippen LogP contribution >= 0.6 is 0 Å². The monoisotopic (exact) mass is 709 g/mol. The second kappa shape index (κ2) is 11.9. The number of rotatable bonds is 4. The summed E-state index contributed by atoms with van der Waals surface area (Å²) in [6, 6.07) is 78.7. The highest BCUT2D eigenvalue weighted by molar-refractivity contribution is 6.11. The largest absolute Gasteiger partial charge is 0.309 e. The molecular formula is C55H35N. The number of hydrogen-bond acceptors (Lipinski definition) is 0. The van der Waals surface area contributed by atoms with Gasteiger partial charge in [0.25, 0.3) is 0 Å². The van der Waals surface area contributed by atoms with Crippen molar-refractivity contribution >= 4 is 21.8 Å². The summed E-state index contributed by atoms with van der Waals surface area (Å²) >= 11 is 0. The highest BCUT2D eigenvalue weighted by Gasteiger charge is 2.51. The maximum Gasteiger partial charge on any atom is 0.0725 e. The predicted octanol–water partition coefficient (Wildman–Crippen LogP) is 14.1. The van der Waals surface area contributed by atoms with Crippen LogP contribution in [-0.4, -0.2) is 4.57 Å². The average Bonchev–Trinajstić information content (AvgIpc) is 3.88. The SMILES string of the molecule is c1ccc(-c2cc(-c3ccccc3)cc(-n3c4ccccc4c4cc(-c5ccc6c(c5)C5(c7ccccc7-c7ccccc75)c5ccccc5-6)ccc43)c2)cc1. The van der Waals surface area contributed by atoms with Gasteiger partial charge in [0, 0.05) is 16.5 Å². The molecule has 0 unspecified atom stereocenters. The smallest absolute Gasteiger partial charge is 0.0725 e. The molecule has 1 nitrogen and oxygen atoms in total. The lowest BCUT2D eigenvalue weighted by Gasteiger charge is -2.30. The summed E-state index contributed by atoms with van der Waals surface area (Å²) in [5, 5.41) is 2.50. The van der Waals surface area contributed by atoms with Crippen molar-refractivity contribution in [3.63, 3.8) is 0 Å². The molecule has 0 bridgehead atoms. The van der Waals surface area contributed by atoms with E-state index in [4.69, 9.17) is 0 Å². The van der Waals surface area contributed by atoms with Gasteiger partial charge in [-0.05, 0) is 120 Å². The van der Waals surface area contributed by atoms with E-state index >= 15 is 0 Å². The molecule has 56 heavy (non-hydrogen) atoms. The number of fused-ring (bicyclic) bond motifs is 13. The molecule has 1 aromatic heterocycles. The first-order valence-electron chi connectivity index (χ1n) is 19.5. The van der Waals surface area contributed by atoms with Crippen molar-refractivity contribution in [2.75, 3.05) is 0 Å². The fourth-order valence-electron chi connectivity index (χ4n) is 10.0. The normalized spacial score (nSPS) is 13.1. The zero-order valence-electron chi connectivity index (χ0n) is 30.7. The Morgan fingerprint density at radius 3 is 1.34 bits per heavy atom. The van der Waals surface area contributed by atoms with Gasteiger partial charge in [-0.15, -0.1) is 0 Å². The summed E-state index contributed by atoms with van der Waals surface area (Å²) in [5.41, 5.74) is 21.2. The number of para-hydroxylation sites is 1. The van der Waals surface area contributed by atoms with Gasteiger partial charge in [-0.25, -0.2) is 0 Å². The summed E-state index contributed by atoms with van der Waals surface area (Å²) < 4.78 is 2.45. The predicted molar refractivity (Wildman–Crippen MR) is 233 cm³/mol. The molecule has 1 spiro atoms. The minimum absolute atomic E-state index is 0.366. The average molecular weight is 710 g/mol. The molecule has 0 N–H and O–H groups in total. The van der Waals surface area contributed by atoms with Crippen LogP contribution in [0.15, 0.2) is 212 Å². The first-order valence-corrected chi connectivity index (χ1v) is 19.5. The molecule has 0 aliphatic heterocycles. The van der Waals surface area contributed by atoms with Crippen LogP contribution in [0.1, 0.15) is 22.3 Å². The second-order valence-electron chi connectivity index (χ2n) is 15.2. The fraction of sp³-hybridized carbons (Fsp3) is 0.0182. The Hall–Kier alpha value is -7.22. The van der Waals surface area contributed by atoms with Crippen LogP contribution in [0, 0.1) is 0 Å². The third-order valence-electron chi connectivity index (χ3n) is 12.4. The standard InChI is InChI=1S/C55H35N/c1-3-15-36(16-4-1)40-31-41(37-17-5-2-6-18-37)33-42(32-40)56-53-26-14-10-22-47(53)48-34-38(28-30-54(48)56)39-27-29-46-45-21-9-13-25-51(45)55(52(46)35-39)49-23-11-7-19-43(49)44-20-8-12-24-50(44)55/h1-35H. The van der Waals surface area contributed by atoms with Gasteiger partial charge in [0.05, 0.1) is 16.4 Å². The highest BCUT2D eigenvalue weighted by atomic mass is 15.0. The van der Waals surface area contributed by atoms with Crippen molar-refractivity contribution < 1.29 is 0 Å². The lowest BCUT2D eigenvalue weighted by Crippen LogP contribution is -2.25. The first kappa shape index (κ1) is 31.2. The van der Waals surface area contributed by atoms with Crippen molar-refractivity contribution in [1.82, 2.24) is 4.57 Å². The van der Waals surface area contributed by atoms with E-state index in [-0.39, 0.29) is 5.41 Å². The van der Waals surface area contributed by atoms with Gasteiger partial charge in [-0.3, -0.25) is 0 Å². The van der Waals surface area contributed by atoms with Crippen LogP contribution in [-0.2, 0) is 5.41 Å².